The number of carbonyl (C=O) groups is 2. The number of nitrogens with two attached hydrogens (primary N) is 1. The molecule has 246 valence electrons. The van der Waals surface area contributed by atoms with Crippen LogP contribution in [0.4, 0.5) is 18.9 Å². The molecule has 6 nitrogen and oxygen atoms in total. The van der Waals surface area contributed by atoms with E-state index < -0.39 is 17.8 Å². The summed E-state index contributed by atoms with van der Waals surface area (Å²) in [5.74, 6) is 0.612. The molecular formula is C35H44ClF3N4NaO2-. The molecule has 2 aliphatic rings. The van der Waals surface area contributed by atoms with Crippen LogP contribution in [0.15, 0.2) is 53.7 Å². The fourth-order valence-electron chi connectivity index (χ4n) is 4.90. The quantitative estimate of drug-likeness (QED) is 0.149. The van der Waals surface area contributed by atoms with Crippen LogP contribution in [0, 0.1) is 23.5 Å². The molecule has 2 heterocycles. The number of hydrogen-bond donors (Lipinski definition) is 2. The van der Waals surface area contributed by atoms with Gasteiger partial charge in [-0.3, -0.25) is 20.6 Å². The van der Waals surface area contributed by atoms with Crippen LogP contribution in [0.2, 0.25) is 0 Å². The Kier molecular flexibility index (Phi) is 18.7. The first-order valence-corrected chi connectivity index (χ1v) is 15.9. The summed E-state index contributed by atoms with van der Waals surface area (Å²) in [5, 5.41) is 8.19. The van der Waals surface area contributed by atoms with Crippen molar-refractivity contribution in [3.05, 3.63) is 82.7 Å². The van der Waals surface area contributed by atoms with Gasteiger partial charge in [0.1, 0.15) is 5.69 Å². The summed E-state index contributed by atoms with van der Waals surface area (Å²) in [5.41, 5.74) is 8.15. The van der Waals surface area contributed by atoms with Gasteiger partial charge in [0.2, 0.25) is 0 Å². The van der Waals surface area contributed by atoms with Crippen molar-refractivity contribution in [3.8, 4) is 0 Å². The molecule has 1 amide bonds. The number of halogens is 4. The Morgan fingerprint density at radius 3 is 2.35 bits per heavy atom. The smallest absolute Gasteiger partial charge is 0.399 e. The van der Waals surface area contributed by atoms with Crippen LogP contribution in [-0.2, 0) is 11.0 Å². The van der Waals surface area contributed by atoms with Crippen LogP contribution in [0.25, 0.3) is 0 Å². The predicted molar refractivity (Wildman–Crippen MR) is 174 cm³/mol. The van der Waals surface area contributed by atoms with Crippen molar-refractivity contribution in [2.75, 3.05) is 12.3 Å². The Balaban J connectivity index is 0.000000431. The Morgan fingerprint density at radius 2 is 1.87 bits per heavy atom. The number of amides is 1. The van der Waals surface area contributed by atoms with E-state index in [0.717, 1.165) is 25.0 Å². The van der Waals surface area contributed by atoms with Crippen LogP contribution in [0.3, 0.4) is 0 Å². The molecule has 1 saturated carbocycles. The molecule has 0 radical (unpaired) electrons. The van der Waals surface area contributed by atoms with E-state index in [-0.39, 0.29) is 58.6 Å². The molecule has 1 aliphatic carbocycles. The van der Waals surface area contributed by atoms with Gasteiger partial charge in [0, 0.05) is 35.9 Å². The van der Waals surface area contributed by atoms with Gasteiger partial charge in [-0.15, -0.1) is 5.71 Å². The summed E-state index contributed by atoms with van der Waals surface area (Å²) in [7, 11) is 0. The van der Waals surface area contributed by atoms with Crippen molar-refractivity contribution in [1.82, 2.24) is 9.88 Å². The number of carbonyl (C=O) groups excluding carboxylic acids is 2. The Labute approximate surface area is 298 Å². The van der Waals surface area contributed by atoms with E-state index in [1.54, 1.807) is 4.90 Å². The van der Waals surface area contributed by atoms with Crippen molar-refractivity contribution < 1.29 is 52.3 Å². The molecule has 1 aromatic heterocycles. The van der Waals surface area contributed by atoms with E-state index >= 15 is 0 Å². The van der Waals surface area contributed by atoms with E-state index in [2.05, 4.69) is 29.3 Å². The Bertz CT molecular complexity index is 1330. The van der Waals surface area contributed by atoms with Gasteiger partial charge in [0.05, 0.1) is 5.56 Å². The number of ketones is 1. The normalized spacial score (nSPS) is 16.8. The maximum Gasteiger partial charge on any atom is 1.00 e. The standard InChI is InChI=1S/C18H22F3N4O.C10H11.C7H11ClO.Na/c1-3-6-13(22)11-7-5-8-25(15(11)4-2)17(26)12-10-24-16(9-14(12)23)18(19,20)21;1-2-5-9(6-3-1)10-7-4-8-10;1-3-6(2)7(9)4-5-8;/h9-10,15,22H,3-6,8H2,1-2H3,(H2,23,24);2-3,5-6,10H,4,7-8H2;4-6H,3H2,1-2H3;/q2*-1;;+1/b;;5-4-;. The summed E-state index contributed by atoms with van der Waals surface area (Å²) < 4.78 is 38.2. The maximum atomic E-state index is 12.9. The monoisotopic (exact) mass is 667 g/mol. The minimum Gasteiger partial charge on any atom is -0.399 e. The van der Waals surface area contributed by atoms with Crippen molar-refractivity contribution in [2.24, 2.45) is 5.92 Å². The summed E-state index contributed by atoms with van der Waals surface area (Å²) in [6.07, 6.45) is 8.37. The number of allylic oxidation sites excluding steroid dienone is 1. The largest absolute Gasteiger partial charge is 1.00 e. The number of nitrogens with zero attached hydrogens (tertiary/aromatic N) is 2. The second-order valence-electron chi connectivity index (χ2n) is 11.1. The maximum absolute atomic E-state index is 12.9. The average molecular weight is 668 g/mol. The molecule has 2 unspecified atom stereocenters. The molecule has 11 heteroatoms. The van der Waals surface area contributed by atoms with Crippen LogP contribution in [-0.4, -0.2) is 39.9 Å². The molecular weight excluding hydrogens is 624 g/mol. The topological polar surface area (TPSA) is 100 Å². The average Bonchev–Trinajstić information content (AvgIpc) is 3.00. The van der Waals surface area contributed by atoms with E-state index in [1.807, 2.05) is 39.8 Å². The summed E-state index contributed by atoms with van der Waals surface area (Å²) in [6.45, 7) is 8.10. The number of benzene rings is 1. The fourth-order valence-corrected chi connectivity index (χ4v) is 5.03. The zero-order chi connectivity index (χ0) is 33.6. The van der Waals surface area contributed by atoms with Gasteiger partial charge in [0.15, 0.2) is 5.78 Å². The Morgan fingerprint density at radius 1 is 1.22 bits per heavy atom. The van der Waals surface area contributed by atoms with Gasteiger partial charge >= 0.3 is 35.7 Å². The zero-order valence-corrected chi connectivity index (χ0v) is 30.3. The molecule has 4 rings (SSSR count). The number of hydrogen-bond acceptors (Lipinski definition) is 5. The summed E-state index contributed by atoms with van der Waals surface area (Å²) in [6, 6.07) is 11.8. The van der Waals surface area contributed by atoms with Crippen molar-refractivity contribution >= 4 is 34.7 Å². The number of nitrogen functional groups attached to an aromatic ring is 1. The van der Waals surface area contributed by atoms with E-state index in [1.165, 1.54) is 36.4 Å². The molecule has 1 aromatic carbocycles. The molecule has 0 bridgehead atoms. The molecule has 2 atom stereocenters. The van der Waals surface area contributed by atoms with Crippen molar-refractivity contribution in [1.29, 1.82) is 5.41 Å². The molecule has 2 aromatic rings. The van der Waals surface area contributed by atoms with Gasteiger partial charge in [0.25, 0.3) is 5.91 Å². The predicted octanol–water partition coefficient (Wildman–Crippen LogP) is 5.97. The Hall–Kier alpha value is -2.46. The number of nitrogens with one attached hydrogen (secondary N) is 1. The molecule has 0 spiro atoms. The van der Waals surface area contributed by atoms with Crippen LogP contribution in [0.5, 0.6) is 0 Å². The SMILES string of the molecule is CCC(C)C(=O)/C=C\Cl.CCCC(=N)C1=[C-]CCN(C(=O)c2cnc(C(F)(F)F)cc2N)C1CC.[Na+].[c-]1ccc(C2CCC2)cc1. The molecule has 1 aliphatic heterocycles. The van der Waals surface area contributed by atoms with Gasteiger partial charge < -0.3 is 16.0 Å². The minimum atomic E-state index is -4.62. The van der Waals surface area contributed by atoms with E-state index in [4.69, 9.17) is 22.7 Å². The van der Waals surface area contributed by atoms with Gasteiger partial charge in [-0.1, -0.05) is 65.0 Å². The minimum absolute atomic E-state index is 0. The summed E-state index contributed by atoms with van der Waals surface area (Å²) >= 11 is 5.20. The first-order valence-electron chi connectivity index (χ1n) is 15.5. The van der Waals surface area contributed by atoms with E-state index in [9.17, 15) is 22.8 Å². The number of alkyl halides is 3. The molecule has 46 heavy (non-hydrogen) atoms. The molecule has 1 fully saturated rings. The molecule has 3 N–H and O–H groups in total. The zero-order valence-electron chi connectivity index (χ0n) is 27.5. The van der Waals surface area contributed by atoms with Gasteiger partial charge in [-0.25, -0.2) is 0 Å². The van der Waals surface area contributed by atoms with E-state index in [0.29, 0.717) is 43.2 Å². The van der Waals surface area contributed by atoms with Crippen molar-refractivity contribution in [2.45, 2.75) is 97.2 Å². The first kappa shape index (κ1) is 41.6. The third-order valence-electron chi connectivity index (χ3n) is 7.95. The van der Waals surface area contributed by atoms with Gasteiger partial charge in [-0.05, 0) is 43.7 Å². The second kappa shape index (κ2) is 20.7. The molecule has 0 saturated heterocycles. The van der Waals surface area contributed by atoms with Gasteiger partial charge in [-0.2, -0.15) is 54.6 Å². The van der Waals surface area contributed by atoms with Crippen molar-refractivity contribution in [3.63, 3.8) is 0 Å². The summed E-state index contributed by atoms with van der Waals surface area (Å²) in [4.78, 5) is 28.6. The fraction of sp³-hybridized carbons (Fsp3) is 0.486. The third kappa shape index (κ3) is 12.3. The number of anilines is 1. The second-order valence-corrected chi connectivity index (χ2v) is 11.4. The van der Waals surface area contributed by atoms with Crippen LogP contribution in [0.1, 0.15) is 107 Å². The number of rotatable bonds is 9. The first-order chi connectivity index (χ1) is 21.4. The van der Waals surface area contributed by atoms with Crippen LogP contribution >= 0.6 is 11.6 Å². The van der Waals surface area contributed by atoms with Crippen LogP contribution < -0.4 is 35.3 Å². The third-order valence-corrected chi connectivity index (χ3v) is 8.08. The number of aromatic nitrogens is 1. The number of pyridine rings is 1.